The van der Waals surface area contributed by atoms with Gasteiger partial charge in [-0.1, -0.05) is 36.9 Å². The van der Waals surface area contributed by atoms with E-state index in [1.54, 1.807) is 18.2 Å². The molecule has 1 aliphatic heterocycles. The Balaban J connectivity index is 2.19. The molecule has 0 N–H and O–H groups in total. The Morgan fingerprint density at radius 1 is 1.15 bits per heavy atom. The van der Waals surface area contributed by atoms with E-state index >= 15 is 0 Å². The first-order valence-electron chi connectivity index (χ1n) is 5.99. The number of carbonyl (C=O) groups excluding carboxylic acids is 1. The minimum Gasteiger partial charge on any atom is -0.441 e. The second kappa shape index (κ2) is 4.99. The number of benzene rings is 2. The number of rotatable bonds is 2. The van der Waals surface area contributed by atoms with Crippen LogP contribution in [0, 0.1) is 0 Å². The van der Waals surface area contributed by atoms with Crippen molar-refractivity contribution in [3.8, 4) is 22.6 Å². The maximum atomic E-state index is 12.3. The van der Waals surface area contributed by atoms with E-state index in [2.05, 4.69) is 6.58 Å². The molecule has 20 heavy (non-hydrogen) atoms. The molecule has 0 spiro atoms. The molecule has 1 heterocycles. The minimum atomic E-state index is -2.51. The molecule has 0 aliphatic carbocycles. The Morgan fingerprint density at radius 2 is 1.90 bits per heavy atom. The number of hydrogen-bond donors (Lipinski definition) is 0. The predicted molar refractivity (Wildman–Crippen MR) is 77.0 cm³/mol. The fourth-order valence-electron chi connectivity index (χ4n) is 2.13. The van der Waals surface area contributed by atoms with Crippen LogP contribution in [0.4, 0.5) is 0 Å². The summed E-state index contributed by atoms with van der Waals surface area (Å²) in [5.74, 6) is 0.244. The minimum absolute atomic E-state index is 0.255. The van der Waals surface area contributed by atoms with Crippen molar-refractivity contribution in [1.29, 1.82) is 0 Å². The van der Waals surface area contributed by atoms with Gasteiger partial charge in [0, 0.05) is 17.2 Å². The fraction of sp³-hybridized carbons (Fsp3) is 0. The van der Waals surface area contributed by atoms with Crippen LogP contribution in [-0.4, -0.2) is 5.97 Å². The van der Waals surface area contributed by atoms with Crippen molar-refractivity contribution < 1.29 is 18.6 Å². The van der Waals surface area contributed by atoms with E-state index < -0.39 is 14.0 Å². The molecule has 2 aromatic carbocycles. The van der Waals surface area contributed by atoms with Crippen LogP contribution in [0.5, 0.6) is 11.5 Å². The highest BCUT2D eigenvalue weighted by Crippen LogP contribution is 2.44. The summed E-state index contributed by atoms with van der Waals surface area (Å²) in [5, 5.41) is 0.436. The Labute approximate surface area is 116 Å². The summed E-state index contributed by atoms with van der Waals surface area (Å²) in [4.78, 5) is 11.3. The third-order valence-electron chi connectivity index (χ3n) is 2.99. The summed E-state index contributed by atoms with van der Waals surface area (Å²) < 4.78 is 22.9. The van der Waals surface area contributed by atoms with Gasteiger partial charge in [0.1, 0.15) is 11.5 Å². The molecule has 1 aliphatic rings. The maximum Gasteiger partial charge on any atom is 0.335 e. The zero-order chi connectivity index (χ0) is 14.1. The molecule has 0 saturated carbocycles. The Bertz CT molecular complexity index is 736. The quantitative estimate of drug-likeness (QED) is 0.368. The molecular formula is C15H11O4P. The molecule has 5 heteroatoms. The van der Waals surface area contributed by atoms with Crippen molar-refractivity contribution in [2.75, 3.05) is 0 Å². The van der Waals surface area contributed by atoms with E-state index in [-0.39, 0.29) is 5.75 Å². The summed E-state index contributed by atoms with van der Waals surface area (Å²) in [6.45, 7) is 3.35. The average molecular weight is 286 g/mol. The summed E-state index contributed by atoms with van der Waals surface area (Å²) >= 11 is 0. The van der Waals surface area contributed by atoms with Gasteiger partial charge >= 0.3 is 5.97 Å². The molecule has 4 nitrogen and oxygen atoms in total. The van der Waals surface area contributed by atoms with Gasteiger partial charge in [-0.3, -0.25) is 4.57 Å². The van der Waals surface area contributed by atoms with Crippen LogP contribution in [0.25, 0.3) is 11.1 Å². The molecule has 100 valence electrons. The van der Waals surface area contributed by atoms with Crippen molar-refractivity contribution in [2.45, 2.75) is 0 Å². The number of hydrogen-bond acceptors (Lipinski definition) is 4. The molecule has 1 atom stereocenters. The van der Waals surface area contributed by atoms with Crippen molar-refractivity contribution in [3.63, 3.8) is 0 Å². The van der Waals surface area contributed by atoms with E-state index in [1.807, 2.05) is 24.3 Å². The van der Waals surface area contributed by atoms with Crippen LogP contribution >= 0.6 is 8.03 Å². The first-order chi connectivity index (χ1) is 9.70. The first-order valence-corrected chi connectivity index (χ1v) is 7.31. The molecule has 3 rings (SSSR count). The molecule has 0 bridgehead atoms. The van der Waals surface area contributed by atoms with Gasteiger partial charge in [-0.2, -0.15) is 0 Å². The lowest BCUT2D eigenvalue weighted by molar-refractivity contribution is -0.128. The van der Waals surface area contributed by atoms with Crippen molar-refractivity contribution >= 4 is 19.3 Å². The van der Waals surface area contributed by atoms with Crippen LogP contribution < -0.4 is 14.6 Å². The molecule has 1 unspecified atom stereocenters. The average Bonchev–Trinajstić information content (AvgIpc) is 2.47. The van der Waals surface area contributed by atoms with Gasteiger partial charge in [-0.15, -0.1) is 0 Å². The van der Waals surface area contributed by atoms with Crippen molar-refractivity contribution in [2.24, 2.45) is 0 Å². The molecule has 0 saturated heterocycles. The van der Waals surface area contributed by atoms with Gasteiger partial charge in [-0.25, -0.2) is 4.79 Å². The zero-order valence-corrected chi connectivity index (χ0v) is 11.5. The highest BCUT2D eigenvalue weighted by molar-refractivity contribution is 7.49. The van der Waals surface area contributed by atoms with E-state index in [9.17, 15) is 9.36 Å². The van der Waals surface area contributed by atoms with E-state index in [0.717, 1.165) is 17.2 Å². The second-order valence-electron chi connectivity index (χ2n) is 4.19. The Morgan fingerprint density at radius 3 is 2.70 bits per heavy atom. The summed E-state index contributed by atoms with van der Waals surface area (Å²) in [6.07, 6.45) is 1.06. The monoisotopic (exact) mass is 286 g/mol. The van der Waals surface area contributed by atoms with Crippen LogP contribution in [0.15, 0.2) is 55.1 Å². The SMILES string of the molecule is C=CC(=O)Oc1cccc2c1[PH](=O)Oc1ccccc1-2. The highest BCUT2D eigenvalue weighted by atomic mass is 31.1. The number of para-hydroxylation sites is 1. The van der Waals surface area contributed by atoms with Crippen LogP contribution in [-0.2, 0) is 9.36 Å². The maximum absolute atomic E-state index is 12.3. The summed E-state index contributed by atoms with van der Waals surface area (Å²) in [6, 6.07) is 12.5. The molecule has 0 aromatic heterocycles. The molecule has 0 fully saturated rings. The van der Waals surface area contributed by atoms with Crippen molar-refractivity contribution in [1.82, 2.24) is 0 Å². The molecular weight excluding hydrogens is 275 g/mol. The Kier molecular flexibility index (Phi) is 3.17. The zero-order valence-electron chi connectivity index (χ0n) is 10.5. The number of esters is 1. The second-order valence-corrected chi connectivity index (χ2v) is 5.47. The van der Waals surface area contributed by atoms with E-state index in [4.69, 9.17) is 9.26 Å². The van der Waals surface area contributed by atoms with Gasteiger partial charge in [0.05, 0.1) is 5.30 Å². The number of carbonyl (C=O) groups is 1. The van der Waals surface area contributed by atoms with Crippen LogP contribution in [0.2, 0.25) is 0 Å². The van der Waals surface area contributed by atoms with Crippen LogP contribution in [0.3, 0.4) is 0 Å². The summed E-state index contributed by atoms with van der Waals surface area (Å²) in [5.41, 5.74) is 1.61. The lowest BCUT2D eigenvalue weighted by Gasteiger charge is -2.21. The fourth-order valence-corrected chi connectivity index (χ4v) is 3.38. The topological polar surface area (TPSA) is 52.6 Å². The largest absolute Gasteiger partial charge is 0.441 e. The smallest absolute Gasteiger partial charge is 0.335 e. The number of fused-ring (bicyclic) bond motifs is 3. The van der Waals surface area contributed by atoms with Gasteiger partial charge in [0.2, 0.25) is 0 Å². The standard InChI is InChI=1S/C15H11O4P/c1-2-14(16)18-13-9-5-7-11-10-6-3-4-8-12(10)19-20(17)15(11)13/h2-9,20H,1H2. The van der Waals surface area contributed by atoms with E-state index in [0.29, 0.717) is 11.1 Å². The van der Waals surface area contributed by atoms with Gasteiger partial charge < -0.3 is 9.26 Å². The van der Waals surface area contributed by atoms with E-state index in [1.165, 1.54) is 0 Å². The Hall–Kier alpha value is -2.32. The molecule has 2 aromatic rings. The summed E-state index contributed by atoms with van der Waals surface area (Å²) in [7, 11) is -2.51. The van der Waals surface area contributed by atoms with Crippen molar-refractivity contribution in [3.05, 3.63) is 55.1 Å². The third-order valence-corrected chi connectivity index (χ3v) is 4.32. The molecule has 0 amide bonds. The third kappa shape index (κ3) is 2.04. The normalized spacial score (nSPS) is 15.5. The van der Waals surface area contributed by atoms with Gasteiger partial charge in [0.25, 0.3) is 8.03 Å². The van der Waals surface area contributed by atoms with Crippen LogP contribution in [0.1, 0.15) is 0 Å². The highest BCUT2D eigenvalue weighted by Gasteiger charge is 2.26. The lowest BCUT2D eigenvalue weighted by atomic mass is 10.0. The first kappa shape index (κ1) is 12.7. The predicted octanol–water partition coefficient (Wildman–Crippen LogP) is 2.94. The van der Waals surface area contributed by atoms with Gasteiger partial charge in [0.15, 0.2) is 0 Å². The molecule has 0 radical (unpaired) electrons. The number of ether oxygens (including phenoxy) is 1. The lowest BCUT2D eigenvalue weighted by Crippen LogP contribution is -2.16. The van der Waals surface area contributed by atoms with Gasteiger partial charge in [-0.05, 0) is 12.1 Å².